The van der Waals surface area contributed by atoms with Crippen molar-refractivity contribution in [3.8, 4) is 0 Å². The fourth-order valence-corrected chi connectivity index (χ4v) is 3.64. The van der Waals surface area contributed by atoms with E-state index < -0.39 is 12.1 Å². The Bertz CT molecular complexity index is 936. The number of rotatable bonds is 6. The van der Waals surface area contributed by atoms with Crippen LogP contribution in [0.1, 0.15) is 51.6 Å². The van der Waals surface area contributed by atoms with Crippen molar-refractivity contribution in [2.24, 2.45) is 0 Å². The quantitative estimate of drug-likeness (QED) is 0.735. The first-order chi connectivity index (χ1) is 14.1. The standard InChI is InChI=1S/C22H22N2O5/c25-20(12-19-15-7-1-2-8-16(15)22(27)29-19)24-18-10-4-3-9-17(18)21(26)23-13-14-6-5-11-28-14/h1-4,7-10,14,19H,5-6,11-13H2,(H,23,26)(H,24,25)/t14-,19+/m0/s1. The highest BCUT2D eigenvalue weighted by atomic mass is 16.5. The molecule has 1 fully saturated rings. The van der Waals surface area contributed by atoms with Gasteiger partial charge < -0.3 is 20.1 Å². The van der Waals surface area contributed by atoms with E-state index in [9.17, 15) is 14.4 Å². The summed E-state index contributed by atoms with van der Waals surface area (Å²) in [5.41, 5.74) is 1.98. The Morgan fingerprint density at radius 3 is 2.69 bits per heavy atom. The van der Waals surface area contributed by atoms with Gasteiger partial charge >= 0.3 is 5.97 Å². The third-order valence-corrected chi connectivity index (χ3v) is 5.11. The molecule has 29 heavy (non-hydrogen) atoms. The van der Waals surface area contributed by atoms with Crippen LogP contribution in [0.5, 0.6) is 0 Å². The first-order valence-electron chi connectivity index (χ1n) is 9.70. The molecule has 0 aromatic heterocycles. The molecular weight excluding hydrogens is 372 g/mol. The summed E-state index contributed by atoms with van der Waals surface area (Å²) < 4.78 is 10.8. The van der Waals surface area contributed by atoms with Gasteiger partial charge in [0, 0.05) is 18.7 Å². The van der Waals surface area contributed by atoms with Crippen molar-refractivity contribution in [1.82, 2.24) is 5.32 Å². The molecule has 0 aliphatic carbocycles. The van der Waals surface area contributed by atoms with Crippen LogP contribution in [-0.2, 0) is 14.3 Å². The Morgan fingerprint density at radius 1 is 1.07 bits per heavy atom. The Kier molecular flexibility index (Phi) is 5.57. The maximum Gasteiger partial charge on any atom is 0.339 e. The molecule has 150 valence electrons. The molecule has 2 aromatic rings. The summed E-state index contributed by atoms with van der Waals surface area (Å²) in [5, 5.41) is 5.63. The molecule has 2 aliphatic heterocycles. The number of hydrogen-bond acceptors (Lipinski definition) is 5. The Hall–Kier alpha value is -3.19. The summed E-state index contributed by atoms with van der Waals surface area (Å²) in [4.78, 5) is 37.1. The molecule has 2 amide bonds. The number of fused-ring (bicyclic) bond motifs is 1. The van der Waals surface area contributed by atoms with E-state index >= 15 is 0 Å². The fraction of sp³-hybridized carbons (Fsp3) is 0.318. The minimum atomic E-state index is -0.626. The maximum atomic E-state index is 12.6. The maximum absolute atomic E-state index is 12.6. The molecule has 7 nitrogen and oxygen atoms in total. The van der Waals surface area contributed by atoms with Gasteiger partial charge in [0.15, 0.2) is 0 Å². The van der Waals surface area contributed by atoms with E-state index in [-0.39, 0.29) is 24.3 Å². The number of cyclic esters (lactones) is 1. The minimum absolute atomic E-state index is 0.0192. The Morgan fingerprint density at radius 2 is 1.86 bits per heavy atom. The lowest BCUT2D eigenvalue weighted by Gasteiger charge is -2.15. The first-order valence-corrected chi connectivity index (χ1v) is 9.70. The number of carbonyl (C=O) groups excluding carboxylic acids is 3. The first kappa shape index (κ1) is 19.1. The van der Waals surface area contributed by atoms with Gasteiger partial charge in [0.05, 0.1) is 29.3 Å². The van der Waals surface area contributed by atoms with E-state index in [1.54, 1.807) is 48.5 Å². The van der Waals surface area contributed by atoms with Crippen LogP contribution >= 0.6 is 0 Å². The van der Waals surface area contributed by atoms with Gasteiger partial charge in [0.25, 0.3) is 5.91 Å². The van der Waals surface area contributed by atoms with Gasteiger partial charge in [-0.25, -0.2) is 4.79 Å². The molecule has 2 N–H and O–H groups in total. The normalized spacial score (nSPS) is 20.1. The fourth-order valence-electron chi connectivity index (χ4n) is 3.64. The van der Waals surface area contributed by atoms with Crippen molar-refractivity contribution in [2.75, 3.05) is 18.5 Å². The predicted octanol–water partition coefficient (Wildman–Crippen LogP) is 2.84. The van der Waals surface area contributed by atoms with E-state index in [1.165, 1.54) is 0 Å². The molecule has 0 unspecified atom stereocenters. The number of hydrogen-bond donors (Lipinski definition) is 2. The average molecular weight is 394 g/mol. The van der Waals surface area contributed by atoms with E-state index in [4.69, 9.17) is 9.47 Å². The van der Waals surface area contributed by atoms with E-state index in [0.29, 0.717) is 28.9 Å². The van der Waals surface area contributed by atoms with Crippen LogP contribution < -0.4 is 10.6 Å². The third-order valence-electron chi connectivity index (χ3n) is 5.11. The van der Waals surface area contributed by atoms with Crippen molar-refractivity contribution in [3.63, 3.8) is 0 Å². The zero-order valence-corrected chi connectivity index (χ0v) is 15.9. The van der Waals surface area contributed by atoms with E-state index in [0.717, 1.165) is 19.4 Å². The van der Waals surface area contributed by atoms with Crippen molar-refractivity contribution in [3.05, 3.63) is 65.2 Å². The van der Waals surface area contributed by atoms with Crippen LogP contribution in [0.4, 0.5) is 5.69 Å². The summed E-state index contributed by atoms with van der Waals surface area (Å²) in [7, 11) is 0. The largest absolute Gasteiger partial charge is 0.453 e. The number of para-hydroxylation sites is 1. The van der Waals surface area contributed by atoms with Gasteiger partial charge in [-0.2, -0.15) is 0 Å². The Balaban J connectivity index is 1.40. The summed E-state index contributed by atoms with van der Waals surface area (Å²) in [6, 6.07) is 13.9. The molecular formula is C22H22N2O5. The number of amides is 2. The van der Waals surface area contributed by atoms with Crippen LogP contribution in [0, 0.1) is 0 Å². The number of esters is 1. The summed E-state index contributed by atoms with van der Waals surface area (Å²) in [6.07, 6.45) is 1.33. The second-order valence-electron chi connectivity index (χ2n) is 7.12. The predicted molar refractivity (Wildman–Crippen MR) is 106 cm³/mol. The SMILES string of the molecule is O=C(C[C@H]1OC(=O)c2ccccc21)Nc1ccccc1C(=O)NC[C@@H]1CCCO1. The molecule has 2 atom stereocenters. The van der Waals surface area contributed by atoms with Gasteiger partial charge in [-0.15, -0.1) is 0 Å². The van der Waals surface area contributed by atoms with Crippen LogP contribution in [0.25, 0.3) is 0 Å². The minimum Gasteiger partial charge on any atom is -0.453 e. The van der Waals surface area contributed by atoms with Crippen molar-refractivity contribution in [2.45, 2.75) is 31.5 Å². The van der Waals surface area contributed by atoms with E-state index in [1.807, 2.05) is 0 Å². The van der Waals surface area contributed by atoms with Crippen molar-refractivity contribution < 1.29 is 23.9 Å². The zero-order valence-electron chi connectivity index (χ0n) is 15.9. The zero-order chi connectivity index (χ0) is 20.2. The molecule has 1 saturated heterocycles. The summed E-state index contributed by atoms with van der Waals surface area (Å²) in [5.74, 6) is -1.03. The van der Waals surface area contributed by atoms with Gasteiger partial charge in [-0.1, -0.05) is 30.3 Å². The third kappa shape index (κ3) is 4.30. The lowest BCUT2D eigenvalue weighted by atomic mass is 10.0. The number of benzene rings is 2. The number of nitrogens with one attached hydrogen (secondary N) is 2. The molecule has 0 bridgehead atoms. The van der Waals surface area contributed by atoms with E-state index in [2.05, 4.69) is 10.6 Å². The van der Waals surface area contributed by atoms with Gasteiger partial charge in [0.2, 0.25) is 5.91 Å². The highest BCUT2D eigenvalue weighted by Crippen LogP contribution is 2.33. The topological polar surface area (TPSA) is 93.7 Å². The Labute approximate surface area is 168 Å². The molecule has 2 aliphatic rings. The molecule has 2 heterocycles. The summed E-state index contributed by atoms with van der Waals surface area (Å²) in [6.45, 7) is 1.16. The number of anilines is 1. The van der Waals surface area contributed by atoms with Gasteiger partial charge in [0.1, 0.15) is 6.10 Å². The van der Waals surface area contributed by atoms with Gasteiger partial charge in [-0.05, 0) is 31.0 Å². The molecule has 0 spiro atoms. The second kappa shape index (κ2) is 8.45. The monoisotopic (exact) mass is 394 g/mol. The molecule has 0 radical (unpaired) electrons. The summed E-state index contributed by atoms with van der Waals surface area (Å²) >= 11 is 0. The van der Waals surface area contributed by atoms with Crippen molar-refractivity contribution in [1.29, 1.82) is 0 Å². The average Bonchev–Trinajstić information content (AvgIpc) is 3.35. The highest BCUT2D eigenvalue weighted by Gasteiger charge is 2.32. The second-order valence-corrected chi connectivity index (χ2v) is 7.12. The van der Waals surface area contributed by atoms with Gasteiger partial charge in [-0.3, -0.25) is 9.59 Å². The smallest absolute Gasteiger partial charge is 0.339 e. The molecule has 0 saturated carbocycles. The van der Waals surface area contributed by atoms with Crippen LogP contribution in [0.2, 0.25) is 0 Å². The number of ether oxygens (including phenoxy) is 2. The van der Waals surface area contributed by atoms with Crippen LogP contribution in [-0.4, -0.2) is 37.0 Å². The van der Waals surface area contributed by atoms with Crippen molar-refractivity contribution >= 4 is 23.5 Å². The molecule has 7 heteroatoms. The number of carbonyl (C=O) groups is 3. The lowest BCUT2D eigenvalue weighted by molar-refractivity contribution is -0.118. The highest BCUT2D eigenvalue weighted by molar-refractivity contribution is 6.04. The van der Waals surface area contributed by atoms with Crippen LogP contribution in [0.15, 0.2) is 48.5 Å². The lowest BCUT2D eigenvalue weighted by Crippen LogP contribution is -2.32. The molecule has 2 aromatic carbocycles. The molecule has 4 rings (SSSR count). The van der Waals surface area contributed by atoms with Crippen LogP contribution in [0.3, 0.4) is 0 Å².